The lowest BCUT2D eigenvalue weighted by atomic mass is 10.1. The highest BCUT2D eigenvalue weighted by Gasteiger charge is 2.20. The summed E-state index contributed by atoms with van der Waals surface area (Å²) in [7, 11) is 0. The molecule has 0 radical (unpaired) electrons. The van der Waals surface area contributed by atoms with Gasteiger partial charge in [0.15, 0.2) is 0 Å². The molecule has 1 aromatic heterocycles. The van der Waals surface area contributed by atoms with Gasteiger partial charge >= 0.3 is 0 Å². The number of anilines is 1. The van der Waals surface area contributed by atoms with Gasteiger partial charge in [-0.05, 0) is 68.5 Å². The number of hydrogen-bond acceptors (Lipinski definition) is 3. The second-order valence-electron chi connectivity index (χ2n) is 6.61. The van der Waals surface area contributed by atoms with Crippen molar-refractivity contribution in [2.75, 3.05) is 18.4 Å². The molecule has 0 aliphatic carbocycles. The van der Waals surface area contributed by atoms with Gasteiger partial charge in [0.25, 0.3) is 11.8 Å². The van der Waals surface area contributed by atoms with Crippen molar-refractivity contribution >= 4 is 17.5 Å². The van der Waals surface area contributed by atoms with Crippen molar-refractivity contribution in [2.45, 2.75) is 33.1 Å². The maximum atomic E-state index is 12.6. The average Bonchev–Trinajstić information content (AvgIpc) is 2.61. The smallest absolute Gasteiger partial charge is 0.272 e. The summed E-state index contributed by atoms with van der Waals surface area (Å²) >= 11 is 0. The zero-order chi connectivity index (χ0) is 17.8. The maximum Gasteiger partial charge on any atom is 0.272 e. The molecule has 130 valence electrons. The lowest BCUT2D eigenvalue weighted by Crippen LogP contribution is -2.36. The van der Waals surface area contributed by atoms with E-state index in [2.05, 4.69) is 16.4 Å². The van der Waals surface area contributed by atoms with Gasteiger partial charge < -0.3 is 10.2 Å². The first-order chi connectivity index (χ1) is 12.0. The van der Waals surface area contributed by atoms with Gasteiger partial charge in [-0.3, -0.25) is 14.6 Å². The molecule has 3 rings (SSSR count). The normalized spacial score (nSPS) is 14.2. The lowest BCUT2D eigenvalue weighted by molar-refractivity contribution is 0.0718. The van der Waals surface area contributed by atoms with E-state index in [1.807, 2.05) is 30.9 Å². The zero-order valence-electron chi connectivity index (χ0n) is 14.7. The minimum atomic E-state index is -0.236. The Labute approximate surface area is 148 Å². The van der Waals surface area contributed by atoms with Gasteiger partial charge in [-0.2, -0.15) is 0 Å². The fraction of sp³-hybridized carbons (Fsp3) is 0.350. The summed E-state index contributed by atoms with van der Waals surface area (Å²) in [5, 5.41) is 2.89. The Hall–Kier alpha value is -2.69. The van der Waals surface area contributed by atoms with Gasteiger partial charge in [-0.15, -0.1) is 0 Å². The van der Waals surface area contributed by atoms with Crippen LogP contribution >= 0.6 is 0 Å². The van der Waals surface area contributed by atoms with E-state index in [1.165, 1.54) is 6.20 Å². The van der Waals surface area contributed by atoms with Gasteiger partial charge in [0.05, 0.1) is 0 Å². The van der Waals surface area contributed by atoms with Crippen molar-refractivity contribution in [3.05, 3.63) is 58.9 Å². The number of carbonyl (C=O) groups is 2. The minimum absolute atomic E-state index is 0.0965. The second kappa shape index (κ2) is 7.47. The van der Waals surface area contributed by atoms with E-state index in [-0.39, 0.29) is 11.8 Å². The van der Waals surface area contributed by atoms with Crippen molar-refractivity contribution in [1.82, 2.24) is 9.88 Å². The Kier molecular flexibility index (Phi) is 5.12. The number of piperidine rings is 1. The van der Waals surface area contributed by atoms with Crippen LogP contribution in [0.15, 0.2) is 36.5 Å². The third-order valence-electron chi connectivity index (χ3n) is 4.36. The molecule has 2 heterocycles. The number of rotatable bonds is 3. The van der Waals surface area contributed by atoms with E-state index in [0.717, 1.165) is 49.2 Å². The molecule has 5 heteroatoms. The highest BCUT2D eigenvalue weighted by molar-refractivity contribution is 6.05. The monoisotopic (exact) mass is 337 g/mol. The molecule has 1 aromatic carbocycles. The standard InChI is InChI=1S/C20H23N3O2/c1-14-10-15(2)12-17(11-14)22-19(24)16-6-7-21-18(13-16)20(25)23-8-4-3-5-9-23/h6-7,10-13H,3-5,8-9H2,1-2H3,(H,22,24). The SMILES string of the molecule is Cc1cc(C)cc(NC(=O)c2ccnc(C(=O)N3CCCCC3)c2)c1. The van der Waals surface area contributed by atoms with Crippen LogP contribution < -0.4 is 5.32 Å². The van der Waals surface area contributed by atoms with E-state index in [9.17, 15) is 9.59 Å². The van der Waals surface area contributed by atoms with Crippen LogP contribution in [0.5, 0.6) is 0 Å². The largest absolute Gasteiger partial charge is 0.337 e. The molecule has 0 unspecified atom stereocenters. The molecule has 1 aliphatic rings. The first-order valence-electron chi connectivity index (χ1n) is 8.68. The van der Waals surface area contributed by atoms with Crippen molar-refractivity contribution in [3.63, 3.8) is 0 Å². The van der Waals surface area contributed by atoms with Gasteiger partial charge in [0.1, 0.15) is 5.69 Å². The van der Waals surface area contributed by atoms with E-state index in [1.54, 1.807) is 12.1 Å². The third kappa shape index (κ3) is 4.24. The topological polar surface area (TPSA) is 62.3 Å². The van der Waals surface area contributed by atoms with Crippen LogP contribution in [0.2, 0.25) is 0 Å². The Bertz CT molecular complexity index is 775. The molecule has 0 spiro atoms. The van der Waals surface area contributed by atoms with Gasteiger partial charge in [0.2, 0.25) is 0 Å². The quantitative estimate of drug-likeness (QED) is 0.931. The summed E-state index contributed by atoms with van der Waals surface area (Å²) in [5.41, 5.74) is 3.70. The number of hydrogen-bond donors (Lipinski definition) is 1. The Morgan fingerprint density at radius 3 is 2.36 bits per heavy atom. The van der Waals surface area contributed by atoms with Crippen molar-refractivity contribution in [1.29, 1.82) is 0 Å². The fourth-order valence-electron chi connectivity index (χ4n) is 3.20. The molecule has 0 saturated carbocycles. The lowest BCUT2D eigenvalue weighted by Gasteiger charge is -2.26. The van der Waals surface area contributed by atoms with Crippen LogP contribution in [0.3, 0.4) is 0 Å². The van der Waals surface area contributed by atoms with E-state index < -0.39 is 0 Å². The molecule has 2 aromatic rings. The second-order valence-corrected chi connectivity index (χ2v) is 6.61. The summed E-state index contributed by atoms with van der Waals surface area (Å²) in [4.78, 5) is 31.1. The summed E-state index contributed by atoms with van der Waals surface area (Å²) in [6, 6.07) is 9.11. The number of nitrogens with one attached hydrogen (secondary N) is 1. The Morgan fingerprint density at radius 2 is 1.68 bits per heavy atom. The third-order valence-corrected chi connectivity index (χ3v) is 4.36. The number of aryl methyl sites for hydroxylation is 2. The molecule has 1 fully saturated rings. The number of benzene rings is 1. The molecule has 2 amide bonds. The number of aromatic nitrogens is 1. The van der Waals surface area contributed by atoms with Crippen molar-refractivity contribution in [3.8, 4) is 0 Å². The van der Waals surface area contributed by atoms with E-state index >= 15 is 0 Å². The molecule has 1 N–H and O–H groups in total. The summed E-state index contributed by atoms with van der Waals surface area (Å²) in [6.07, 6.45) is 4.74. The predicted octanol–water partition coefficient (Wildman–Crippen LogP) is 3.58. The Balaban J connectivity index is 1.76. The zero-order valence-corrected chi connectivity index (χ0v) is 14.7. The molecule has 0 bridgehead atoms. The molecular formula is C20H23N3O2. The summed E-state index contributed by atoms with van der Waals surface area (Å²) in [6.45, 7) is 5.51. The first-order valence-corrected chi connectivity index (χ1v) is 8.68. The highest BCUT2D eigenvalue weighted by Crippen LogP contribution is 2.16. The number of amides is 2. The molecule has 1 saturated heterocycles. The van der Waals surface area contributed by atoms with Gasteiger partial charge in [-0.1, -0.05) is 6.07 Å². The van der Waals surface area contributed by atoms with E-state index in [4.69, 9.17) is 0 Å². The minimum Gasteiger partial charge on any atom is -0.337 e. The van der Waals surface area contributed by atoms with Gasteiger partial charge in [0, 0.05) is 30.5 Å². The molecule has 1 aliphatic heterocycles. The van der Waals surface area contributed by atoms with Crippen LogP contribution in [-0.2, 0) is 0 Å². The fourth-order valence-corrected chi connectivity index (χ4v) is 3.20. The van der Waals surface area contributed by atoms with Crippen LogP contribution in [-0.4, -0.2) is 34.8 Å². The van der Waals surface area contributed by atoms with Crippen LogP contribution in [0, 0.1) is 13.8 Å². The van der Waals surface area contributed by atoms with Gasteiger partial charge in [-0.25, -0.2) is 0 Å². The molecule has 5 nitrogen and oxygen atoms in total. The summed E-state index contributed by atoms with van der Waals surface area (Å²) < 4.78 is 0. The summed E-state index contributed by atoms with van der Waals surface area (Å²) in [5.74, 6) is -0.333. The number of carbonyl (C=O) groups excluding carboxylic acids is 2. The number of nitrogens with zero attached hydrogens (tertiary/aromatic N) is 2. The highest BCUT2D eigenvalue weighted by atomic mass is 16.2. The predicted molar refractivity (Wildman–Crippen MR) is 97.9 cm³/mol. The first kappa shape index (κ1) is 17.1. The van der Waals surface area contributed by atoms with E-state index in [0.29, 0.717) is 11.3 Å². The number of likely N-dealkylation sites (tertiary alicyclic amines) is 1. The molecule has 25 heavy (non-hydrogen) atoms. The maximum absolute atomic E-state index is 12.6. The van der Waals surface area contributed by atoms with Crippen molar-refractivity contribution < 1.29 is 9.59 Å². The van der Waals surface area contributed by atoms with Crippen LogP contribution in [0.25, 0.3) is 0 Å². The average molecular weight is 337 g/mol. The Morgan fingerprint density at radius 1 is 1.00 bits per heavy atom. The molecule has 0 atom stereocenters. The number of pyridine rings is 1. The molecular weight excluding hydrogens is 314 g/mol. The van der Waals surface area contributed by atoms with Crippen LogP contribution in [0.1, 0.15) is 51.2 Å². The van der Waals surface area contributed by atoms with Crippen LogP contribution in [0.4, 0.5) is 5.69 Å². The van der Waals surface area contributed by atoms with Crippen molar-refractivity contribution in [2.24, 2.45) is 0 Å².